The molecule has 3 nitrogen and oxygen atoms in total. The molecular weight excluding hydrogens is 164 g/mol. The van der Waals surface area contributed by atoms with Gasteiger partial charge in [0.2, 0.25) is 0 Å². The molecule has 13 heavy (non-hydrogen) atoms. The summed E-state index contributed by atoms with van der Waals surface area (Å²) in [6.45, 7) is 6.10. The SMILES string of the molecule is CCN(CC)c1ccc(C=O)nc1. The molecule has 1 heterocycles. The summed E-state index contributed by atoms with van der Waals surface area (Å²) in [5, 5.41) is 0. The Morgan fingerprint density at radius 3 is 2.46 bits per heavy atom. The molecule has 70 valence electrons. The molecule has 1 rings (SSSR count). The van der Waals surface area contributed by atoms with Gasteiger partial charge in [0.25, 0.3) is 0 Å². The molecule has 0 N–H and O–H groups in total. The quantitative estimate of drug-likeness (QED) is 0.658. The highest BCUT2D eigenvalue weighted by atomic mass is 16.1. The molecular formula is C10H14N2O. The lowest BCUT2D eigenvalue weighted by Gasteiger charge is -2.20. The Hall–Kier alpha value is -1.38. The van der Waals surface area contributed by atoms with Crippen LogP contribution < -0.4 is 4.90 Å². The Labute approximate surface area is 78.4 Å². The number of hydrogen-bond donors (Lipinski definition) is 0. The molecule has 0 aliphatic carbocycles. The normalized spacial score (nSPS) is 9.69. The molecule has 0 saturated carbocycles. The van der Waals surface area contributed by atoms with Gasteiger partial charge in [-0.15, -0.1) is 0 Å². The first kappa shape index (κ1) is 9.71. The van der Waals surface area contributed by atoms with Crippen molar-refractivity contribution in [3.05, 3.63) is 24.0 Å². The number of nitrogens with zero attached hydrogens (tertiary/aromatic N) is 2. The molecule has 0 spiro atoms. The van der Waals surface area contributed by atoms with Crippen molar-refractivity contribution in [3.63, 3.8) is 0 Å². The van der Waals surface area contributed by atoms with E-state index in [0.29, 0.717) is 5.69 Å². The van der Waals surface area contributed by atoms with Crippen molar-refractivity contribution < 1.29 is 4.79 Å². The maximum Gasteiger partial charge on any atom is 0.168 e. The van der Waals surface area contributed by atoms with Gasteiger partial charge in [-0.05, 0) is 26.0 Å². The Morgan fingerprint density at radius 2 is 2.08 bits per heavy atom. The van der Waals surface area contributed by atoms with E-state index in [2.05, 4.69) is 23.7 Å². The van der Waals surface area contributed by atoms with Crippen LogP contribution in [0.3, 0.4) is 0 Å². The summed E-state index contributed by atoms with van der Waals surface area (Å²) in [4.78, 5) is 16.5. The molecule has 0 fully saturated rings. The maximum absolute atomic E-state index is 10.4. The van der Waals surface area contributed by atoms with Crippen molar-refractivity contribution in [1.29, 1.82) is 0 Å². The van der Waals surface area contributed by atoms with Crippen LogP contribution in [0.1, 0.15) is 24.3 Å². The van der Waals surface area contributed by atoms with Crippen molar-refractivity contribution in [2.45, 2.75) is 13.8 Å². The number of aromatic nitrogens is 1. The summed E-state index contributed by atoms with van der Waals surface area (Å²) >= 11 is 0. The van der Waals surface area contributed by atoms with Gasteiger partial charge in [-0.3, -0.25) is 9.78 Å². The van der Waals surface area contributed by atoms with Crippen molar-refractivity contribution in [2.24, 2.45) is 0 Å². The summed E-state index contributed by atoms with van der Waals surface area (Å²) in [6.07, 6.45) is 2.49. The minimum atomic E-state index is 0.482. The Balaban J connectivity index is 2.83. The highest BCUT2D eigenvalue weighted by Crippen LogP contribution is 2.11. The lowest BCUT2D eigenvalue weighted by Crippen LogP contribution is -2.21. The number of hydrogen-bond acceptors (Lipinski definition) is 3. The van der Waals surface area contributed by atoms with Crippen LogP contribution in [0.5, 0.6) is 0 Å². The van der Waals surface area contributed by atoms with Crippen molar-refractivity contribution in [2.75, 3.05) is 18.0 Å². The second-order valence-corrected chi connectivity index (χ2v) is 2.73. The summed E-state index contributed by atoms with van der Waals surface area (Å²) < 4.78 is 0. The standard InChI is InChI=1S/C10H14N2O/c1-3-12(4-2)10-6-5-9(8-13)11-7-10/h5-8H,3-4H2,1-2H3. The Bertz CT molecular complexity index is 265. The smallest absolute Gasteiger partial charge is 0.168 e. The third kappa shape index (κ3) is 2.28. The zero-order valence-corrected chi connectivity index (χ0v) is 8.03. The average Bonchev–Trinajstić information content (AvgIpc) is 2.21. The predicted octanol–water partition coefficient (Wildman–Crippen LogP) is 1.74. The lowest BCUT2D eigenvalue weighted by molar-refractivity contribution is 0.111. The summed E-state index contributed by atoms with van der Waals surface area (Å²) in [5.41, 5.74) is 1.55. The number of carbonyl (C=O) groups excluding carboxylic acids is 1. The van der Waals surface area contributed by atoms with Crippen LogP contribution in [-0.2, 0) is 0 Å². The second-order valence-electron chi connectivity index (χ2n) is 2.73. The number of carbonyl (C=O) groups is 1. The molecule has 0 atom stereocenters. The van der Waals surface area contributed by atoms with Gasteiger partial charge in [-0.25, -0.2) is 0 Å². The van der Waals surface area contributed by atoms with E-state index in [1.807, 2.05) is 6.07 Å². The molecule has 0 amide bonds. The predicted molar refractivity (Wildman–Crippen MR) is 53.2 cm³/mol. The Kier molecular flexibility index (Phi) is 3.43. The molecule has 0 aliphatic heterocycles. The van der Waals surface area contributed by atoms with Crippen LogP contribution in [0, 0.1) is 0 Å². The first-order valence-corrected chi connectivity index (χ1v) is 4.48. The van der Waals surface area contributed by atoms with Gasteiger partial charge in [0, 0.05) is 13.1 Å². The van der Waals surface area contributed by atoms with E-state index in [1.165, 1.54) is 0 Å². The van der Waals surface area contributed by atoms with Crippen molar-refractivity contribution in [3.8, 4) is 0 Å². The van der Waals surface area contributed by atoms with Crippen LogP contribution in [0.25, 0.3) is 0 Å². The second kappa shape index (κ2) is 4.60. The molecule has 0 aromatic carbocycles. The van der Waals surface area contributed by atoms with Gasteiger partial charge in [-0.1, -0.05) is 0 Å². The zero-order chi connectivity index (χ0) is 9.68. The highest BCUT2D eigenvalue weighted by molar-refractivity contribution is 5.72. The molecule has 0 aliphatic rings. The monoisotopic (exact) mass is 178 g/mol. The summed E-state index contributed by atoms with van der Waals surface area (Å²) in [6, 6.07) is 3.66. The lowest BCUT2D eigenvalue weighted by atomic mass is 10.3. The fourth-order valence-electron chi connectivity index (χ4n) is 1.24. The van der Waals surface area contributed by atoms with E-state index in [4.69, 9.17) is 0 Å². The van der Waals surface area contributed by atoms with E-state index in [0.717, 1.165) is 25.1 Å². The van der Waals surface area contributed by atoms with Crippen LogP contribution in [0.4, 0.5) is 5.69 Å². The van der Waals surface area contributed by atoms with Gasteiger partial charge < -0.3 is 4.90 Å². The first-order valence-electron chi connectivity index (χ1n) is 4.48. The largest absolute Gasteiger partial charge is 0.371 e. The first-order chi connectivity index (χ1) is 6.31. The van der Waals surface area contributed by atoms with Gasteiger partial charge in [-0.2, -0.15) is 0 Å². The maximum atomic E-state index is 10.4. The van der Waals surface area contributed by atoms with Crippen molar-refractivity contribution >= 4 is 12.0 Å². The van der Waals surface area contributed by atoms with Crippen LogP contribution in [0.2, 0.25) is 0 Å². The molecule has 3 heteroatoms. The number of aldehydes is 1. The molecule has 1 aromatic rings. The summed E-state index contributed by atoms with van der Waals surface area (Å²) in [7, 11) is 0. The van der Waals surface area contributed by atoms with Gasteiger partial charge >= 0.3 is 0 Å². The van der Waals surface area contributed by atoms with E-state index >= 15 is 0 Å². The minimum Gasteiger partial charge on any atom is -0.371 e. The number of anilines is 1. The third-order valence-corrected chi connectivity index (χ3v) is 2.02. The summed E-state index contributed by atoms with van der Waals surface area (Å²) in [5.74, 6) is 0. The fourth-order valence-corrected chi connectivity index (χ4v) is 1.24. The average molecular weight is 178 g/mol. The zero-order valence-electron chi connectivity index (χ0n) is 8.03. The molecule has 0 radical (unpaired) electrons. The van der Waals surface area contributed by atoms with E-state index in [-0.39, 0.29) is 0 Å². The molecule has 0 bridgehead atoms. The van der Waals surface area contributed by atoms with Crippen LogP contribution in [0.15, 0.2) is 18.3 Å². The number of pyridine rings is 1. The highest BCUT2D eigenvalue weighted by Gasteiger charge is 2.00. The van der Waals surface area contributed by atoms with Crippen LogP contribution in [-0.4, -0.2) is 24.4 Å². The fraction of sp³-hybridized carbons (Fsp3) is 0.400. The Morgan fingerprint density at radius 1 is 1.38 bits per heavy atom. The van der Waals surface area contributed by atoms with E-state index in [9.17, 15) is 4.79 Å². The van der Waals surface area contributed by atoms with Gasteiger partial charge in [0.15, 0.2) is 6.29 Å². The van der Waals surface area contributed by atoms with Gasteiger partial charge in [0.1, 0.15) is 5.69 Å². The number of rotatable bonds is 4. The van der Waals surface area contributed by atoms with Gasteiger partial charge in [0.05, 0.1) is 11.9 Å². The van der Waals surface area contributed by atoms with Crippen LogP contribution >= 0.6 is 0 Å². The molecule has 0 saturated heterocycles. The molecule has 0 unspecified atom stereocenters. The van der Waals surface area contributed by atoms with Crippen molar-refractivity contribution in [1.82, 2.24) is 4.98 Å². The van der Waals surface area contributed by atoms with E-state index < -0.39 is 0 Å². The topological polar surface area (TPSA) is 33.2 Å². The third-order valence-electron chi connectivity index (χ3n) is 2.02. The van der Waals surface area contributed by atoms with E-state index in [1.54, 1.807) is 12.3 Å². The minimum absolute atomic E-state index is 0.482. The molecule has 1 aromatic heterocycles.